The largest absolute Gasteiger partial charge is 0.477 e. The van der Waals surface area contributed by atoms with E-state index in [1.165, 1.54) is 6.07 Å². The van der Waals surface area contributed by atoms with Crippen molar-refractivity contribution in [2.45, 2.75) is 39.3 Å². The summed E-state index contributed by atoms with van der Waals surface area (Å²) in [4.78, 5) is 43.1. The monoisotopic (exact) mass is 450 g/mol. The first-order valence-corrected chi connectivity index (χ1v) is 10.3. The summed E-state index contributed by atoms with van der Waals surface area (Å²) in [6.07, 6.45) is 4.11. The van der Waals surface area contributed by atoms with Gasteiger partial charge in [-0.3, -0.25) is 9.78 Å². The lowest BCUT2D eigenvalue weighted by atomic mass is 9.94. The summed E-state index contributed by atoms with van der Waals surface area (Å²) in [5.41, 5.74) is 2.18. The molecule has 0 saturated heterocycles. The third-order valence-corrected chi connectivity index (χ3v) is 4.68. The van der Waals surface area contributed by atoms with Crippen LogP contribution in [0.15, 0.2) is 55.0 Å². The number of aromatic amines is 1. The van der Waals surface area contributed by atoms with E-state index < -0.39 is 23.7 Å². The molecular weight excluding hydrogens is 424 g/mol. The van der Waals surface area contributed by atoms with Crippen LogP contribution in [0.5, 0.6) is 0 Å². The summed E-state index contributed by atoms with van der Waals surface area (Å²) < 4.78 is 5.34. The number of H-pyrrole nitrogens is 1. The fraction of sp³-hybridized carbons (Fsp3) is 0.250. The van der Waals surface area contributed by atoms with Crippen LogP contribution in [0, 0.1) is 0 Å². The molecule has 172 valence electrons. The number of carboxylic acids is 1. The van der Waals surface area contributed by atoms with E-state index in [4.69, 9.17) is 4.74 Å². The maximum Gasteiger partial charge on any atom is 0.408 e. The molecule has 0 aliphatic heterocycles. The first-order valence-electron chi connectivity index (χ1n) is 10.3. The number of amides is 2. The average Bonchev–Trinajstić information content (AvgIpc) is 3.23. The predicted molar refractivity (Wildman–Crippen MR) is 123 cm³/mol. The number of carbonyl (C=O) groups is 3. The normalized spacial score (nSPS) is 12.0. The van der Waals surface area contributed by atoms with Gasteiger partial charge in [-0.25, -0.2) is 9.59 Å². The number of aromatic nitrogens is 2. The van der Waals surface area contributed by atoms with Crippen molar-refractivity contribution in [3.05, 3.63) is 71.8 Å². The van der Waals surface area contributed by atoms with Gasteiger partial charge in [0.05, 0.1) is 6.04 Å². The van der Waals surface area contributed by atoms with Gasteiger partial charge in [-0.05, 0) is 69.2 Å². The second kappa shape index (κ2) is 9.56. The smallest absolute Gasteiger partial charge is 0.408 e. The molecule has 0 bridgehead atoms. The zero-order chi connectivity index (χ0) is 24.2. The Morgan fingerprint density at radius 3 is 2.39 bits per heavy atom. The molecule has 1 aromatic carbocycles. The van der Waals surface area contributed by atoms with E-state index in [-0.39, 0.29) is 11.6 Å². The number of hydrogen-bond acceptors (Lipinski definition) is 5. The molecular formula is C24H26N4O5. The van der Waals surface area contributed by atoms with Gasteiger partial charge < -0.3 is 25.5 Å². The van der Waals surface area contributed by atoms with Gasteiger partial charge in [-0.2, -0.15) is 0 Å². The van der Waals surface area contributed by atoms with E-state index in [0.29, 0.717) is 27.9 Å². The molecule has 9 heteroatoms. The molecule has 2 amide bonds. The van der Waals surface area contributed by atoms with E-state index in [1.807, 2.05) is 0 Å². The molecule has 9 nitrogen and oxygen atoms in total. The number of nitrogens with zero attached hydrogens (tertiary/aromatic N) is 1. The van der Waals surface area contributed by atoms with Crippen molar-refractivity contribution in [1.29, 1.82) is 0 Å². The van der Waals surface area contributed by atoms with Crippen LogP contribution in [0.3, 0.4) is 0 Å². The molecule has 0 aliphatic carbocycles. The van der Waals surface area contributed by atoms with E-state index in [2.05, 4.69) is 20.6 Å². The van der Waals surface area contributed by atoms with Crippen molar-refractivity contribution < 1.29 is 24.2 Å². The Balaban J connectivity index is 1.95. The third-order valence-electron chi connectivity index (χ3n) is 4.68. The van der Waals surface area contributed by atoms with Gasteiger partial charge in [0.25, 0.3) is 5.91 Å². The van der Waals surface area contributed by atoms with Crippen molar-refractivity contribution in [2.75, 3.05) is 5.32 Å². The number of benzene rings is 1. The fourth-order valence-electron chi connectivity index (χ4n) is 3.20. The number of alkyl carbamates (subject to hydrolysis) is 1. The SMILES string of the molecule is CC(NC(=O)OC(C)(C)C)c1ccc(C(=O)Nc2ccncc2)cc1-c1c[nH]c(C(=O)O)c1. The molecule has 33 heavy (non-hydrogen) atoms. The summed E-state index contributed by atoms with van der Waals surface area (Å²) in [7, 11) is 0. The summed E-state index contributed by atoms with van der Waals surface area (Å²) in [6, 6.07) is 9.38. The molecule has 0 spiro atoms. The van der Waals surface area contributed by atoms with Crippen LogP contribution < -0.4 is 10.6 Å². The van der Waals surface area contributed by atoms with Crippen LogP contribution in [0.1, 0.15) is 60.1 Å². The first kappa shape index (κ1) is 23.5. The Kier molecular flexibility index (Phi) is 6.81. The lowest BCUT2D eigenvalue weighted by molar-refractivity contribution is 0.0507. The molecule has 0 aliphatic rings. The topological polar surface area (TPSA) is 133 Å². The van der Waals surface area contributed by atoms with E-state index in [9.17, 15) is 19.5 Å². The van der Waals surface area contributed by atoms with Gasteiger partial charge >= 0.3 is 12.1 Å². The number of carbonyl (C=O) groups excluding carboxylic acids is 2. The van der Waals surface area contributed by atoms with Gasteiger partial charge in [0, 0.05) is 35.4 Å². The van der Waals surface area contributed by atoms with Crippen LogP contribution in [0.2, 0.25) is 0 Å². The Morgan fingerprint density at radius 2 is 1.79 bits per heavy atom. The minimum absolute atomic E-state index is 0.00958. The second-order valence-electron chi connectivity index (χ2n) is 8.47. The average molecular weight is 450 g/mol. The van der Waals surface area contributed by atoms with Gasteiger partial charge in [-0.1, -0.05) is 6.07 Å². The Hall–Kier alpha value is -4.14. The Morgan fingerprint density at radius 1 is 1.09 bits per heavy atom. The maximum absolute atomic E-state index is 12.8. The van der Waals surface area contributed by atoms with Crippen LogP contribution in [0.4, 0.5) is 10.5 Å². The zero-order valence-electron chi connectivity index (χ0n) is 18.8. The molecule has 3 aromatic rings. The second-order valence-corrected chi connectivity index (χ2v) is 8.47. The molecule has 0 saturated carbocycles. The molecule has 1 unspecified atom stereocenters. The number of carboxylic acid groups (broad SMARTS) is 1. The number of ether oxygens (including phenoxy) is 1. The van der Waals surface area contributed by atoms with Crippen LogP contribution in [-0.4, -0.2) is 38.6 Å². The van der Waals surface area contributed by atoms with Crippen molar-refractivity contribution in [2.24, 2.45) is 0 Å². The highest BCUT2D eigenvalue weighted by atomic mass is 16.6. The quantitative estimate of drug-likeness (QED) is 0.433. The number of anilines is 1. The lowest BCUT2D eigenvalue weighted by Crippen LogP contribution is -2.34. The molecule has 4 N–H and O–H groups in total. The fourth-order valence-corrected chi connectivity index (χ4v) is 3.20. The van der Waals surface area contributed by atoms with Crippen LogP contribution in [-0.2, 0) is 4.74 Å². The number of pyridine rings is 1. The highest BCUT2D eigenvalue weighted by Crippen LogP contribution is 2.31. The number of aromatic carboxylic acids is 1. The maximum atomic E-state index is 12.8. The highest BCUT2D eigenvalue weighted by Gasteiger charge is 2.22. The molecule has 1 atom stereocenters. The van der Waals surface area contributed by atoms with Crippen molar-refractivity contribution in [3.63, 3.8) is 0 Å². The molecule has 0 radical (unpaired) electrons. The van der Waals surface area contributed by atoms with E-state index in [1.54, 1.807) is 76.6 Å². The first-order chi connectivity index (χ1) is 15.5. The number of nitrogens with one attached hydrogen (secondary N) is 3. The standard InChI is InChI=1S/C24H26N4O5/c1-14(27-23(32)33-24(2,3)4)18-6-5-15(21(29)28-17-7-9-25-10-8-17)11-19(18)16-12-20(22(30)31)26-13-16/h5-14,26H,1-4H3,(H,27,32)(H,30,31)(H,25,28,29). The predicted octanol–water partition coefficient (Wildman–Crippen LogP) is 4.61. The van der Waals surface area contributed by atoms with Crippen LogP contribution >= 0.6 is 0 Å². The summed E-state index contributed by atoms with van der Waals surface area (Å²) in [5.74, 6) is -1.44. The van der Waals surface area contributed by atoms with Crippen molar-refractivity contribution in [3.8, 4) is 11.1 Å². The molecule has 2 heterocycles. The lowest BCUT2D eigenvalue weighted by Gasteiger charge is -2.23. The molecule has 0 fully saturated rings. The molecule has 3 rings (SSSR count). The van der Waals surface area contributed by atoms with Gasteiger partial charge in [0.2, 0.25) is 0 Å². The third kappa shape index (κ3) is 6.19. The van der Waals surface area contributed by atoms with E-state index >= 15 is 0 Å². The minimum Gasteiger partial charge on any atom is -0.477 e. The van der Waals surface area contributed by atoms with Gasteiger partial charge in [0.15, 0.2) is 0 Å². The van der Waals surface area contributed by atoms with E-state index in [0.717, 1.165) is 0 Å². The number of rotatable bonds is 6. The zero-order valence-corrected chi connectivity index (χ0v) is 18.8. The minimum atomic E-state index is -1.10. The summed E-state index contributed by atoms with van der Waals surface area (Å²) in [5, 5.41) is 14.9. The number of hydrogen-bond donors (Lipinski definition) is 4. The molecule has 2 aromatic heterocycles. The summed E-state index contributed by atoms with van der Waals surface area (Å²) in [6.45, 7) is 7.09. The Bertz CT molecular complexity index is 1170. The van der Waals surface area contributed by atoms with Crippen molar-refractivity contribution >= 4 is 23.7 Å². The summed E-state index contributed by atoms with van der Waals surface area (Å²) >= 11 is 0. The Labute approximate surface area is 191 Å². The van der Waals surface area contributed by atoms with Gasteiger partial charge in [-0.15, -0.1) is 0 Å². The van der Waals surface area contributed by atoms with Crippen molar-refractivity contribution in [1.82, 2.24) is 15.3 Å². The van der Waals surface area contributed by atoms with Crippen LogP contribution in [0.25, 0.3) is 11.1 Å². The van der Waals surface area contributed by atoms with Gasteiger partial charge in [0.1, 0.15) is 11.3 Å². The highest BCUT2D eigenvalue weighted by molar-refractivity contribution is 6.05.